The molecule has 1 amide bonds. The fraction of sp³-hybridized carbons (Fsp3) is 0.409. The van der Waals surface area contributed by atoms with E-state index < -0.39 is 5.54 Å². The lowest BCUT2D eigenvalue weighted by atomic mass is 9.80. The van der Waals surface area contributed by atoms with Crippen molar-refractivity contribution >= 4 is 5.91 Å². The normalized spacial score (nSPS) is 16.7. The average molecular weight is 370 g/mol. The molecule has 3 rings (SSSR count). The highest BCUT2D eigenvalue weighted by molar-refractivity contribution is 5.74. The fourth-order valence-electron chi connectivity index (χ4n) is 4.06. The zero-order chi connectivity index (χ0) is 19.4. The molecular weight excluding hydrogens is 343 g/mol. The number of para-hydroxylation sites is 1. The number of aryl methyl sites for hydroxylation is 1. The minimum absolute atomic E-state index is 0.0619. The highest BCUT2D eigenvalue weighted by atomic mass is 19.1. The highest BCUT2D eigenvalue weighted by Gasteiger charge is 2.37. The maximum absolute atomic E-state index is 13.3. The number of hydrogen-bond acceptors (Lipinski definition) is 3. The molecule has 0 unspecified atom stereocenters. The molecule has 144 valence electrons. The van der Waals surface area contributed by atoms with Crippen LogP contribution in [0.4, 0.5) is 4.39 Å². The van der Waals surface area contributed by atoms with Crippen LogP contribution in [0.15, 0.2) is 42.5 Å². The van der Waals surface area contributed by atoms with Gasteiger partial charge in [-0.2, -0.15) is 0 Å². The van der Waals surface area contributed by atoms with Crippen molar-refractivity contribution in [2.24, 2.45) is 0 Å². The van der Waals surface area contributed by atoms with Gasteiger partial charge in [-0.15, -0.1) is 0 Å². The standard InChI is InChI=1S/C22H27FN2O2/c1-16-5-4-6-18(21(16)27-3)15-25-13-11-22(12-14-25,24-17(2)26)19-7-9-20(23)10-8-19/h4-10H,11-15H2,1-3H3,(H,24,26). The summed E-state index contributed by atoms with van der Waals surface area (Å²) in [5, 5.41) is 3.13. The smallest absolute Gasteiger partial charge is 0.217 e. The molecule has 2 aromatic rings. The van der Waals surface area contributed by atoms with Gasteiger partial charge in [-0.05, 0) is 43.0 Å². The van der Waals surface area contributed by atoms with Gasteiger partial charge in [0.05, 0.1) is 12.6 Å². The van der Waals surface area contributed by atoms with Gasteiger partial charge in [0.15, 0.2) is 0 Å². The molecule has 0 aromatic heterocycles. The molecule has 1 saturated heterocycles. The van der Waals surface area contributed by atoms with Gasteiger partial charge in [0, 0.05) is 32.1 Å². The number of carbonyl (C=O) groups is 1. The van der Waals surface area contributed by atoms with E-state index in [0.29, 0.717) is 0 Å². The number of likely N-dealkylation sites (tertiary alicyclic amines) is 1. The number of amides is 1. The largest absolute Gasteiger partial charge is 0.496 e. The second-order valence-electron chi connectivity index (χ2n) is 7.31. The first-order chi connectivity index (χ1) is 12.9. The van der Waals surface area contributed by atoms with E-state index in [4.69, 9.17) is 4.74 Å². The van der Waals surface area contributed by atoms with Crippen LogP contribution in [0.2, 0.25) is 0 Å². The first-order valence-corrected chi connectivity index (χ1v) is 9.33. The van der Waals surface area contributed by atoms with E-state index in [-0.39, 0.29) is 11.7 Å². The number of carbonyl (C=O) groups excluding carboxylic acids is 1. The maximum Gasteiger partial charge on any atom is 0.217 e. The number of halogens is 1. The van der Waals surface area contributed by atoms with Crippen LogP contribution >= 0.6 is 0 Å². The van der Waals surface area contributed by atoms with Crippen molar-refractivity contribution in [3.63, 3.8) is 0 Å². The van der Waals surface area contributed by atoms with Crippen LogP contribution in [0.1, 0.15) is 36.5 Å². The van der Waals surface area contributed by atoms with Crippen molar-refractivity contribution in [1.82, 2.24) is 10.2 Å². The summed E-state index contributed by atoms with van der Waals surface area (Å²) < 4.78 is 18.9. The summed E-state index contributed by atoms with van der Waals surface area (Å²) in [5.41, 5.74) is 2.83. The van der Waals surface area contributed by atoms with E-state index in [2.05, 4.69) is 35.3 Å². The monoisotopic (exact) mass is 370 g/mol. The Labute approximate surface area is 160 Å². The maximum atomic E-state index is 13.3. The molecule has 0 spiro atoms. The summed E-state index contributed by atoms with van der Waals surface area (Å²) in [6.07, 6.45) is 1.57. The molecule has 2 aromatic carbocycles. The number of ether oxygens (including phenoxy) is 1. The SMILES string of the molecule is COc1c(C)cccc1CN1CCC(NC(C)=O)(c2ccc(F)cc2)CC1. The van der Waals surface area contributed by atoms with Gasteiger partial charge in [0.2, 0.25) is 5.91 Å². The number of nitrogens with one attached hydrogen (secondary N) is 1. The van der Waals surface area contributed by atoms with E-state index in [0.717, 1.165) is 49.4 Å². The van der Waals surface area contributed by atoms with Crippen molar-refractivity contribution in [1.29, 1.82) is 0 Å². The highest BCUT2D eigenvalue weighted by Crippen LogP contribution is 2.34. The third kappa shape index (κ3) is 4.30. The number of methoxy groups -OCH3 is 1. The molecule has 0 radical (unpaired) electrons. The molecule has 1 aliphatic heterocycles. The zero-order valence-corrected chi connectivity index (χ0v) is 16.2. The van der Waals surface area contributed by atoms with Gasteiger partial charge in [-0.3, -0.25) is 9.69 Å². The third-order valence-electron chi connectivity index (χ3n) is 5.41. The van der Waals surface area contributed by atoms with Gasteiger partial charge in [0.1, 0.15) is 11.6 Å². The average Bonchev–Trinajstić information content (AvgIpc) is 2.64. The van der Waals surface area contributed by atoms with Gasteiger partial charge in [0.25, 0.3) is 0 Å². The molecule has 1 N–H and O–H groups in total. The van der Waals surface area contributed by atoms with Crippen molar-refractivity contribution in [3.8, 4) is 5.75 Å². The molecule has 0 atom stereocenters. The lowest BCUT2D eigenvalue weighted by Crippen LogP contribution is -2.52. The Bertz CT molecular complexity index is 796. The van der Waals surface area contributed by atoms with Crippen LogP contribution in [-0.2, 0) is 16.9 Å². The Morgan fingerprint density at radius 2 is 1.85 bits per heavy atom. The molecular formula is C22H27FN2O2. The van der Waals surface area contributed by atoms with E-state index in [9.17, 15) is 9.18 Å². The molecule has 27 heavy (non-hydrogen) atoms. The first-order valence-electron chi connectivity index (χ1n) is 9.33. The molecule has 0 saturated carbocycles. The predicted octanol–water partition coefficient (Wildman–Crippen LogP) is 3.77. The number of nitrogens with zero attached hydrogens (tertiary/aromatic N) is 1. The second kappa shape index (κ2) is 8.09. The number of hydrogen-bond donors (Lipinski definition) is 1. The molecule has 4 nitrogen and oxygen atoms in total. The Balaban J connectivity index is 1.76. The van der Waals surface area contributed by atoms with Crippen LogP contribution < -0.4 is 10.1 Å². The Hall–Kier alpha value is -2.40. The van der Waals surface area contributed by atoms with Crippen molar-refractivity contribution in [2.45, 2.75) is 38.8 Å². The van der Waals surface area contributed by atoms with Crippen molar-refractivity contribution in [3.05, 3.63) is 65.0 Å². The molecule has 5 heteroatoms. The Morgan fingerprint density at radius 1 is 1.19 bits per heavy atom. The summed E-state index contributed by atoms with van der Waals surface area (Å²) in [7, 11) is 1.71. The second-order valence-corrected chi connectivity index (χ2v) is 7.31. The van der Waals surface area contributed by atoms with Crippen molar-refractivity contribution in [2.75, 3.05) is 20.2 Å². The van der Waals surface area contributed by atoms with E-state index >= 15 is 0 Å². The molecule has 0 aliphatic carbocycles. The summed E-state index contributed by atoms with van der Waals surface area (Å²) >= 11 is 0. The van der Waals surface area contributed by atoms with Gasteiger partial charge in [-0.25, -0.2) is 4.39 Å². The Kier molecular flexibility index (Phi) is 5.80. The third-order valence-corrected chi connectivity index (χ3v) is 5.41. The van der Waals surface area contributed by atoms with Gasteiger partial charge >= 0.3 is 0 Å². The number of benzene rings is 2. The van der Waals surface area contributed by atoms with Crippen LogP contribution in [0.25, 0.3) is 0 Å². The summed E-state index contributed by atoms with van der Waals surface area (Å²) in [5.74, 6) is 0.614. The number of rotatable bonds is 5. The lowest BCUT2D eigenvalue weighted by Gasteiger charge is -2.43. The van der Waals surface area contributed by atoms with Gasteiger partial charge in [-0.1, -0.05) is 30.3 Å². The van der Waals surface area contributed by atoms with Crippen molar-refractivity contribution < 1.29 is 13.9 Å². The topological polar surface area (TPSA) is 41.6 Å². The minimum Gasteiger partial charge on any atom is -0.496 e. The minimum atomic E-state index is -0.438. The molecule has 0 bridgehead atoms. The fourth-order valence-corrected chi connectivity index (χ4v) is 4.06. The molecule has 1 heterocycles. The molecule has 1 fully saturated rings. The van der Waals surface area contributed by atoms with E-state index in [1.807, 2.05) is 0 Å². The quantitative estimate of drug-likeness (QED) is 0.871. The van der Waals surface area contributed by atoms with E-state index in [1.165, 1.54) is 24.6 Å². The number of piperidine rings is 1. The summed E-state index contributed by atoms with van der Waals surface area (Å²) in [6.45, 7) is 6.08. The van der Waals surface area contributed by atoms with Crippen LogP contribution in [-0.4, -0.2) is 31.0 Å². The van der Waals surface area contributed by atoms with Crippen LogP contribution in [0.5, 0.6) is 5.75 Å². The van der Waals surface area contributed by atoms with E-state index in [1.54, 1.807) is 19.2 Å². The predicted molar refractivity (Wildman–Crippen MR) is 104 cm³/mol. The summed E-state index contributed by atoms with van der Waals surface area (Å²) in [6, 6.07) is 12.7. The molecule has 1 aliphatic rings. The zero-order valence-electron chi connectivity index (χ0n) is 16.2. The lowest BCUT2D eigenvalue weighted by molar-refractivity contribution is -0.121. The van der Waals surface area contributed by atoms with Crippen LogP contribution in [0, 0.1) is 12.7 Å². The first kappa shape index (κ1) is 19.4. The van der Waals surface area contributed by atoms with Crippen LogP contribution in [0.3, 0.4) is 0 Å². The summed E-state index contributed by atoms with van der Waals surface area (Å²) in [4.78, 5) is 14.2. The Morgan fingerprint density at radius 3 is 2.44 bits per heavy atom. The van der Waals surface area contributed by atoms with Gasteiger partial charge < -0.3 is 10.1 Å².